The highest BCUT2D eigenvalue weighted by molar-refractivity contribution is 7.92. The number of anilines is 1. The Labute approximate surface area is 241 Å². The number of rotatable bonds is 15. The molecular formula is C30H37N3O7S. The van der Waals surface area contributed by atoms with E-state index in [-0.39, 0.29) is 16.6 Å². The first kappa shape index (κ1) is 31.5. The average molecular weight is 584 g/mol. The standard InChI is InChI=1S/C30H37N3O7S/c1-30(2,3)40-27(34)10-8-6-4-5-7-9-22-11-13-23(14-12-22)21-39-25-15-17-26(18-16-25)41(37,38)33-24-19-31-28(29(35)36)32-20-24/h11-20,33H,4-10,21H2,1-3H3,(H,35,36). The molecule has 3 rings (SSSR count). The third-order valence-corrected chi connectivity index (χ3v) is 7.32. The van der Waals surface area contributed by atoms with Crippen LogP contribution in [0, 0.1) is 0 Å². The fourth-order valence-electron chi connectivity index (χ4n) is 3.91. The normalized spacial score (nSPS) is 11.6. The third-order valence-electron chi connectivity index (χ3n) is 5.92. The van der Waals surface area contributed by atoms with Gasteiger partial charge in [-0.2, -0.15) is 0 Å². The molecule has 1 aromatic heterocycles. The van der Waals surface area contributed by atoms with Gasteiger partial charge in [0, 0.05) is 6.42 Å². The Bertz CT molecular complexity index is 1380. The molecule has 0 amide bonds. The molecule has 220 valence electrons. The molecule has 2 N–H and O–H groups in total. The number of nitrogens with zero attached hydrogens (tertiary/aromatic N) is 2. The van der Waals surface area contributed by atoms with Crippen molar-refractivity contribution in [3.8, 4) is 5.75 Å². The number of aromatic nitrogens is 2. The molecule has 0 radical (unpaired) electrons. The SMILES string of the molecule is CC(C)(C)OC(=O)CCCCCCCc1ccc(COc2ccc(S(=O)(=O)Nc3cnc(C(=O)O)nc3)cc2)cc1. The number of sulfonamides is 1. The van der Waals surface area contributed by atoms with Gasteiger partial charge in [-0.15, -0.1) is 0 Å². The molecule has 1 heterocycles. The van der Waals surface area contributed by atoms with E-state index in [0.717, 1.165) is 56.5 Å². The number of benzene rings is 2. The van der Waals surface area contributed by atoms with Crippen molar-refractivity contribution in [1.29, 1.82) is 0 Å². The van der Waals surface area contributed by atoms with Crippen LogP contribution in [-0.4, -0.2) is 41.0 Å². The van der Waals surface area contributed by atoms with E-state index < -0.39 is 27.4 Å². The molecule has 2 aromatic carbocycles. The molecule has 0 atom stereocenters. The molecule has 11 heteroatoms. The van der Waals surface area contributed by atoms with Gasteiger partial charge in [-0.05, 0) is 75.4 Å². The predicted octanol–water partition coefficient (Wildman–Crippen LogP) is 5.78. The number of carboxylic acid groups (broad SMARTS) is 1. The molecule has 0 unspecified atom stereocenters. The molecule has 0 saturated heterocycles. The number of hydrogen-bond donors (Lipinski definition) is 2. The van der Waals surface area contributed by atoms with Crippen molar-refractivity contribution in [2.75, 3.05) is 4.72 Å². The van der Waals surface area contributed by atoms with Crippen LogP contribution >= 0.6 is 0 Å². The van der Waals surface area contributed by atoms with Gasteiger partial charge in [-0.25, -0.2) is 23.2 Å². The van der Waals surface area contributed by atoms with Crippen LogP contribution in [0.25, 0.3) is 0 Å². The van der Waals surface area contributed by atoms with E-state index in [2.05, 4.69) is 26.8 Å². The molecule has 3 aromatic rings. The largest absolute Gasteiger partial charge is 0.489 e. The monoisotopic (exact) mass is 583 g/mol. The number of hydrogen-bond acceptors (Lipinski definition) is 8. The van der Waals surface area contributed by atoms with E-state index in [4.69, 9.17) is 14.6 Å². The molecular weight excluding hydrogens is 546 g/mol. The van der Waals surface area contributed by atoms with Crippen molar-refractivity contribution in [2.24, 2.45) is 0 Å². The van der Waals surface area contributed by atoms with Crippen molar-refractivity contribution >= 4 is 27.6 Å². The van der Waals surface area contributed by atoms with E-state index in [9.17, 15) is 18.0 Å². The average Bonchev–Trinajstić information content (AvgIpc) is 2.91. The summed E-state index contributed by atoms with van der Waals surface area (Å²) in [6.07, 6.45) is 8.84. The first-order chi connectivity index (χ1) is 19.4. The summed E-state index contributed by atoms with van der Waals surface area (Å²) in [6, 6.07) is 14.2. The number of aryl methyl sites for hydroxylation is 1. The van der Waals surface area contributed by atoms with Crippen molar-refractivity contribution in [3.63, 3.8) is 0 Å². The lowest BCUT2D eigenvalue weighted by Gasteiger charge is -2.19. The van der Waals surface area contributed by atoms with Crippen molar-refractivity contribution in [2.45, 2.75) is 82.8 Å². The van der Waals surface area contributed by atoms with Crippen LogP contribution in [0.15, 0.2) is 65.8 Å². The van der Waals surface area contributed by atoms with Gasteiger partial charge in [0.15, 0.2) is 0 Å². The predicted molar refractivity (Wildman–Crippen MR) is 154 cm³/mol. The van der Waals surface area contributed by atoms with Crippen LogP contribution in [0.4, 0.5) is 5.69 Å². The Morgan fingerprint density at radius 2 is 1.44 bits per heavy atom. The van der Waals surface area contributed by atoms with Crippen LogP contribution in [0.3, 0.4) is 0 Å². The maximum atomic E-state index is 12.6. The fourth-order valence-corrected chi connectivity index (χ4v) is 4.94. The first-order valence-electron chi connectivity index (χ1n) is 13.5. The summed E-state index contributed by atoms with van der Waals surface area (Å²) in [6.45, 7) is 5.99. The number of ether oxygens (including phenoxy) is 2. The quantitative estimate of drug-likeness (QED) is 0.168. The molecule has 10 nitrogen and oxygen atoms in total. The molecule has 0 aliphatic heterocycles. The maximum absolute atomic E-state index is 12.6. The highest BCUT2D eigenvalue weighted by atomic mass is 32.2. The molecule has 41 heavy (non-hydrogen) atoms. The van der Waals surface area contributed by atoms with Gasteiger partial charge in [0.05, 0.1) is 23.0 Å². The number of unbranched alkanes of at least 4 members (excludes halogenated alkanes) is 4. The smallest absolute Gasteiger partial charge is 0.373 e. The van der Waals surface area contributed by atoms with Gasteiger partial charge < -0.3 is 14.6 Å². The highest BCUT2D eigenvalue weighted by Crippen LogP contribution is 2.20. The van der Waals surface area contributed by atoms with Gasteiger partial charge in [-0.1, -0.05) is 43.5 Å². The first-order valence-corrected chi connectivity index (χ1v) is 15.0. The lowest BCUT2D eigenvalue weighted by molar-refractivity contribution is -0.154. The molecule has 0 bridgehead atoms. The second-order valence-corrected chi connectivity index (χ2v) is 12.3. The maximum Gasteiger partial charge on any atom is 0.373 e. The Kier molecular flexibility index (Phi) is 11.2. The zero-order valence-electron chi connectivity index (χ0n) is 23.6. The van der Waals surface area contributed by atoms with Crippen LogP contribution in [0.1, 0.15) is 81.0 Å². The van der Waals surface area contributed by atoms with E-state index in [1.54, 1.807) is 12.1 Å². The van der Waals surface area contributed by atoms with Crippen LogP contribution in [0.5, 0.6) is 5.75 Å². The van der Waals surface area contributed by atoms with Gasteiger partial charge in [0.2, 0.25) is 5.82 Å². The van der Waals surface area contributed by atoms with Gasteiger partial charge in [0.1, 0.15) is 18.0 Å². The summed E-state index contributed by atoms with van der Waals surface area (Å²) in [4.78, 5) is 29.8. The van der Waals surface area contributed by atoms with Crippen molar-refractivity contribution < 1.29 is 32.6 Å². The molecule has 0 aliphatic carbocycles. The summed E-state index contributed by atoms with van der Waals surface area (Å²) < 4.78 is 38.7. The Morgan fingerprint density at radius 3 is 2.05 bits per heavy atom. The van der Waals surface area contributed by atoms with E-state index in [1.807, 2.05) is 32.9 Å². The number of aromatic carboxylic acids is 1. The van der Waals surface area contributed by atoms with Crippen molar-refractivity contribution in [3.05, 3.63) is 77.9 Å². The fraction of sp³-hybridized carbons (Fsp3) is 0.400. The summed E-state index contributed by atoms with van der Waals surface area (Å²) in [5, 5.41) is 8.85. The van der Waals surface area contributed by atoms with Crippen LogP contribution in [-0.2, 0) is 32.6 Å². The minimum atomic E-state index is -3.91. The van der Waals surface area contributed by atoms with Gasteiger partial charge in [-0.3, -0.25) is 9.52 Å². The lowest BCUT2D eigenvalue weighted by Crippen LogP contribution is -2.23. The number of nitrogens with one attached hydrogen (secondary N) is 1. The summed E-state index contributed by atoms with van der Waals surface area (Å²) in [7, 11) is -3.91. The summed E-state index contributed by atoms with van der Waals surface area (Å²) >= 11 is 0. The second-order valence-electron chi connectivity index (χ2n) is 10.6. The molecule has 0 fully saturated rings. The second kappa shape index (κ2) is 14.6. The number of carbonyl (C=O) groups is 2. The van der Waals surface area contributed by atoms with Crippen molar-refractivity contribution in [1.82, 2.24) is 9.97 Å². The Hall–Kier alpha value is -3.99. The van der Waals surface area contributed by atoms with Crippen LogP contribution in [0.2, 0.25) is 0 Å². The molecule has 0 aliphatic rings. The zero-order valence-corrected chi connectivity index (χ0v) is 24.4. The highest BCUT2D eigenvalue weighted by Gasteiger charge is 2.16. The summed E-state index contributed by atoms with van der Waals surface area (Å²) in [5.41, 5.74) is 1.88. The number of carbonyl (C=O) groups excluding carboxylic acids is 1. The van der Waals surface area contributed by atoms with E-state index in [0.29, 0.717) is 18.8 Å². The Balaban J connectivity index is 1.36. The topological polar surface area (TPSA) is 145 Å². The third kappa shape index (κ3) is 11.2. The van der Waals surface area contributed by atoms with Crippen LogP contribution < -0.4 is 9.46 Å². The lowest BCUT2D eigenvalue weighted by atomic mass is 10.0. The molecule has 0 spiro atoms. The van der Waals surface area contributed by atoms with Gasteiger partial charge in [0.25, 0.3) is 10.0 Å². The molecule has 0 saturated carbocycles. The minimum Gasteiger partial charge on any atom is -0.489 e. The van der Waals surface area contributed by atoms with Gasteiger partial charge >= 0.3 is 11.9 Å². The Morgan fingerprint density at radius 1 is 0.854 bits per heavy atom. The number of esters is 1. The van der Waals surface area contributed by atoms with E-state index in [1.165, 1.54) is 17.7 Å². The summed E-state index contributed by atoms with van der Waals surface area (Å²) in [5.74, 6) is -1.33. The minimum absolute atomic E-state index is 0.0135. The number of carboxylic acids is 1. The van der Waals surface area contributed by atoms with E-state index >= 15 is 0 Å². The zero-order chi connectivity index (χ0) is 29.9.